The number of nitrogens with zero attached hydrogens (tertiary/aromatic N) is 2. The van der Waals surface area contributed by atoms with Crippen LogP contribution in [0.15, 0.2) is 48.8 Å². The molecule has 0 radical (unpaired) electrons. The Kier molecular flexibility index (Phi) is 4.53. The number of benzene rings is 1. The molecule has 0 aliphatic rings. The van der Waals surface area contributed by atoms with Gasteiger partial charge in [0, 0.05) is 36.7 Å². The SMILES string of the molecule is CCN(Cc1ccncc1)c1ccccc1[C@H](C)O. The number of hydrogen-bond acceptors (Lipinski definition) is 3. The van der Waals surface area contributed by atoms with Gasteiger partial charge in [-0.05, 0) is 37.6 Å². The van der Waals surface area contributed by atoms with E-state index in [1.54, 1.807) is 6.92 Å². The zero-order chi connectivity index (χ0) is 13.7. The molecule has 1 aromatic carbocycles. The molecule has 2 rings (SSSR count). The Bertz CT molecular complexity index is 511. The molecule has 1 heterocycles. The van der Waals surface area contributed by atoms with Gasteiger partial charge in [0.25, 0.3) is 0 Å². The number of rotatable bonds is 5. The Labute approximate surface area is 114 Å². The summed E-state index contributed by atoms with van der Waals surface area (Å²) in [5, 5.41) is 9.88. The average Bonchev–Trinajstić information content (AvgIpc) is 2.46. The average molecular weight is 256 g/mol. The van der Waals surface area contributed by atoms with E-state index in [2.05, 4.69) is 22.9 Å². The Morgan fingerprint density at radius 2 is 1.84 bits per heavy atom. The third kappa shape index (κ3) is 3.32. The van der Waals surface area contributed by atoms with Crippen molar-refractivity contribution in [3.63, 3.8) is 0 Å². The Hall–Kier alpha value is -1.87. The third-order valence-corrected chi connectivity index (χ3v) is 3.23. The second-order valence-corrected chi connectivity index (χ2v) is 4.60. The summed E-state index contributed by atoms with van der Waals surface area (Å²) in [7, 11) is 0. The van der Waals surface area contributed by atoms with E-state index in [4.69, 9.17) is 0 Å². The summed E-state index contributed by atoms with van der Waals surface area (Å²) >= 11 is 0. The first-order valence-corrected chi connectivity index (χ1v) is 6.63. The normalized spacial score (nSPS) is 12.2. The fourth-order valence-electron chi connectivity index (χ4n) is 2.20. The van der Waals surface area contributed by atoms with Crippen molar-refractivity contribution >= 4 is 5.69 Å². The highest BCUT2D eigenvalue weighted by molar-refractivity contribution is 5.54. The maximum absolute atomic E-state index is 9.88. The van der Waals surface area contributed by atoms with Crippen LogP contribution in [0.4, 0.5) is 5.69 Å². The van der Waals surface area contributed by atoms with Crippen molar-refractivity contribution in [2.45, 2.75) is 26.5 Å². The lowest BCUT2D eigenvalue weighted by atomic mass is 10.1. The second kappa shape index (κ2) is 6.34. The van der Waals surface area contributed by atoms with E-state index >= 15 is 0 Å². The van der Waals surface area contributed by atoms with Gasteiger partial charge in [-0.3, -0.25) is 4.98 Å². The Morgan fingerprint density at radius 1 is 1.16 bits per heavy atom. The molecule has 1 N–H and O–H groups in total. The van der Waals surface area contributed by atoms with Crippen molar-refractivity contribution in [1.82, 2.24) is 4.98 Å². The summed E-state index contributed by atoms with van der Waals surface area (Å²) in [6.45, 7) is 5.65. The number of anilines is 1. The molecule has 0 amide bonds. The fraction of sp³-hybridized carbons (Fsp3) is 0.312. The summed E-state index contributed by atoms with van der Waals surface area (Å²) in [6.07, 6.45) is 3.16. The maximum Gasteiger partial charge on any atom is 0.0781 e. The monoisotopic (exact) mass is 256 g/mol. The van der Waals surface area contributed by atoms with E-state index in [-0.39, 0.29) is 0 Å². The summed E-state index contributed by atoms with van der Waals surface area (Å²) in [4.78, 5) is 6.30. The van der Waals surface area contributed by atoms with Crippen LogP contribution in [0.25, 0.3) is 0 Å². The van der Waals surface area contributed by atoms with Crippen LogP contribution in [-0.2, 0) is 6.54 Å². The van der Waals surface area contributed by atoms with E-state index in [0.717, 1.165) is 24.3 Å². The molecule has 0 unspecified atom stereocenters. The predicted molar refractivity (Wildman–Crippen MR) is 78.0 cm³/mol. The lowest BCUT2D eigenvalue weighted by Crippen LogP contribution is -2.23. The van der Waals surface area contributed by atoms with Gasteiger partial charge in [-0.15, -0.1) is 0 Å². The lowest BCUT2D eigenvalue weighted by molar-refractivity contribution is 0.199. The quantitative estimate of drug-likeness (QED) is 0.892. The van der Waals surface area contributed by atoms with Crippen molar-refractivity contribution in [3.8, 4) is 0 Å². The zero-order valence-corrected chi connectivity index (χ0v) is 11.5. The molecule has 1 atom stereocenters. The molecule has 0 bridgehead atoms. The van der Waals surface area contributed by atoms with E-state index in [0.29, 0.717) is 0 Å². The van der Waals surface area contributed by atoms with Crippen molar-refractivity contribution in [3.05, 3.63) is 59.9 Å². The van der Waals surface area contributed by atoms with Gasteiger partial charge in [-0.1, -0.05) is 18.2 Å². The molecule has 0 spiro atoms. The van der Waals surface area contributed by atoms with Gasteiger partial charge in [-0.25, -0.2) is 0 Å². The molecule has 0 saturated heterocycles. The number of pyridine rings is 1. The van der Waals surface area contributed by atoms with Crippen LogP contribution in [-0.4, -0.2) is 16.6 Å². The highest BCUT2D eigenvalue weighted by Crippen LogP contribution is 2.27. The van der Waals surface area contributed by atoms with Gasteiger partial charge in [0.2, 0.25) is 0 Å². The molecule has 1 aromatic heterocycles. The molecule has 0 aliphatic heterocycles. The number of aliphatic hydroxyl groups excluding tert-OH is 1. The van der Waals surface area contributed by atoms with Crippen molar-refractivity contribution in [1.29, 1.82) is 0 Å². The minimum Gasteiger partial charge on any atom is -0.389 e. The van der Waals surface area contributed by atoms with E-state index < -0.39 is 6.10 Å². The van der Waals surface area contributed by atoms with Crippen molar-refractivity contribution < 1.29 is 5.11 Å². The van der Waals surface area contributed by atoms with Crippen molar-refractivity contribution in [2.75, 3.05) is 11.4 Å². The van der Waals surface area contributed by atoms with E-state index in [9.17, 15) is 5.11 Å². The first-order valence-electron chi connectivity index (χ1n) is 6.63. The summed E-state index contributed by atoms with van der Waals surface area (Å²) in [5.41, 5.74) is 3.28. The topological polar surface area (TPSA) is 36.4 Å². The van der Waals surface area contributed by atoms with E-state index in [1.165, 1.54) is 5.56 Å². The molecule has 3 nitrogen and oxygen atoms in total. The Morgan fingerprint density at radius 3 is 2.47 bits per heavy atom. The van der Waals surface area contributed by atoms with Gasteiger partial charge >= 0.3 is 0 Å². The number of aliphatic hydroxyl groups is 1. The third-order valence-electron chi connectivity index (χ3n) is 3.23. The molecule has 19 heavy (non-hydrogen) atoms. The highest BCUT2D eigenvalue weighted by atomic mass is 16.3. The summed E-state index contributed by atoms with van der Waals surface area (Å²) in [5.74, 6) is 0. The van der Waals surface area contributed by atoms with Gasteiger partial charge in [0.15, 0.2) is 0 Å². The fourth-order valence-corrected chi connectivity index (χ4v) is 2.20. The molecule has 0 fully saturated rings. The summed E-state index contributed by atoms with van der Waals surface area (Å²) in [6, 6.07) is 12.1. The second-order valence-electron chi connectivity index (χ2n) is 4.60. The maximum atomic E-state index is 9.88. The first kappa shape index (κ1) is 13.6. The molecule has 2 aromatic rings. The largest absolute Gasteiger partial charge is 0.389 e. The van der Waals surface area contributed by atoms with E-state index in [1.807, 2.05) is 42.7 Å². The lowest BCUT2D eigenvalue weighted by Gasteiger charge is -2.26. The Balaban J connectivity index is 2.27. The molecular weight excluding hydrogens is 236 g/mol. The number of aromatic nitrogens is 1. The van der Waals surface area contributed by atoms with Crippen molar-refractivity contribution in [2.24, 2.45) is 0 Å². The molecule has 100 valence electrons. The number of para-hydroxylation sites is 1. The van der Waals surface area contributed by atoms with Gasteiger partial charge in [0.05, 0.1) is 6.10 Å². The van der Waals surface area contributed by atoms with Gasteiger partial charge in [0.1, 0.15) is 0 Å². The van der Waals surface area contributed by atoms with Crippen LogP contribution >= 0.6 is 0 Å². The smallest absolute Gasteiger partial charge is 0.0781 e. The first-order chi connectivity index (χ1) is 9.22. The summed E-state index contributed by atoms with van der Waals surface area (Å²) < 4.78 is 0. The zero-order valence-electron chi connectivity index (χ0n) is 11.5. The molecule has 0 saturated carbocycles. The van der Waals surface area contributed by atoms with Crippen LogP contribution in [0, 0.1) is 0 Å². The van der Waals surface area contributed by atoms with Crippen LogP contribution in [0.1, 0.15) is 31.1 Å². The molecule has 3 heteroatoms. The highest BCUT2D eigenvalue weighted by Gasteiger charge is 2.12. The molecule has 0 aliphatic carbocycles. The van der Waals surface area contributed by atoms with Crippen LogP contribution in [0.2, 0.25) is 0 Å². The van der Waals surface area contributed by atoms with Crippen LogP contribution < -0.4 is 4.90 Å². The molecular formula is C16H20N2O. The standard InChI is InChI=1S/C16H20N2O/c1-3-18(12-14-8-10-17-11-9-14)16-7-5-4-6-15(16)13(2)19/h4-11,13,19H,3,12H2,1-2H3/t13-/m0/s1. The van der Waals surface area contributed by atoms with Gasteiger partial charge < -0.3 is 10.0 Å². The minimum absolute atomic E-state index is 0.456. The van der Waals surface area contributed by atoms with Crippen LogP contribution in [0.5, 0.6) is 0 Å². The minimum atomic E-state index is -0.456. The van der Waals surface area contributed by atoms with Gasteiger partial charge in [-0.2, -0.15) is 0 Å². The van der Waals surface area contributed by atoms with Crippen LogP contribution in [0.3, 0.4) is 0 Å². The number of hydrogen-bond donors (Lipinski definition) is 1. The predicted octanol–water partition coefficient (Wildman–Crippen LogP) is 3.16.